The van der Waals surface area contributed by atoms with Crippen molar-refractivity contribution in [2.75, 3.05) is 0 Å². The van der Waals surface area contributed by atoms with Gasteiger partial charge in [0.25, 0.3) is 5.56 Å². The molecule has 4 rings (SSSR count). The maximum Gasteiger partial charge on any atom is 0.261 e. The number of fused-ring (bicyclic) bond motifs is 1. The highest BCUT2D eigenvalue weighted by Gasteiger charge is 2.19. The quantitative estimate of drug-likeness (QED) is 0.451. The first-order chi connectivity index (χ1) is 13.3. The van der Waals surface area contributed by atoms with Crippen molar-refractivity contribution in [1.82, 2.24) is 19.3 Å². The van der Waals surface area contributed by atoms with Gasteiger partial charge in [0.2, 0.25) is 0 Å². The predicted molar refractivity (Wildman–Crippen MR) is 108 cm³/mol. The molecular formula is C20H17BrN4O3. The van der Waals surface area contributed by atoms with Crippen molar-refractivity contribution in [1.29, 1.82) is 0 Å². The zero-order valence-corrected chi connectivity index (χ0v) is 17.1. The third-order valence-corrected chi connectivity index (χ3v) is 5.17. The van der Waals surface area contributed by atoms with Gasteiger partial charge in [-0.3, -0.25) is 18.7 Å². The lowest BCUT2D eigenvalue weighted by molar-refractivity contribution is 0.0970. The summed E-state index contributed by atoms with van der Waals surface area (Å²) in [6.45, 7) is 5.47. The number of nitrogens with zero attached hydrogens (tertiary/aromatic N) is 4. The number of benzene rings is 1. The Kier molecular flexibility index (Phi) is 4.50. The fourth-order valence-corrected chi connectivity index (χ4v) is 3.70. The van der Waals surface area contributed by atoms with Gasteiger partial charge in [-0.15, -0.1) is 0 Å². The number of halogens is 1. The molecule has 0 atom stereocenters. The van der Waals surface area contributed by atoms with E-state index < -0.39 is 0 Å². The van der Waals surface area contributed by atoms with Gasteiger partial charge in [0.05, 0.1) is 23.8 Å². The Morgan fingerprint density at radius 3 is 2.68 bits per heavy atom. The number of Topliss-reactive ketones (excluding diaryl/α,β-unsaturated/α-hetero) is 1. The van der Waals surface area contributed by atoms with Crippen LogP contribution in [0.1, 0.15) is 27.5 Å². The summed E-state index contributed by atoms with van der Waals surface area (Å²) in [5.41, 5.74) is 2.50. The molecule has 0 saturated heterocycles. The molecule has 0 aliphatic heterocycles. The Morgan fingerprint density at radius 1 is 1.18 bits per heavy atom. The van der Waals surface area contributed by atoms with Crippen LogP contribution in [-0.4, -0.2) is 25.1 Å². The normalized spacial score (nSPS) is 11.3. The van der Waals surface area contributed by atoms with Crippen molar-refractivity contribution in [2.45, 2.75) is 27.3 Å². The number of carbonyl (C=O) groups excluding carboxylic acids is 1. The molecule has 3 heterocycles. The highest BCUT2D eigenvalue weighted by atomic mass is 79.9. The molecule has 0 bridgehead atoms. The Morgan fingerprint density at radius 2 is 1.96 bits per heavy atom. The zero-order chi connectivity index (χ0) is 20.0. The van der Waals surface area contributed by atoms with Crippen molar-refractivity contribution >= 4 is 32.6 Å². The lowest BCUT2D eigenvalue weighted by atomic mass is 10.1. The Hall–Kier alpha value is -3.00. The number of ketones is 1. The molecule has 142 valence electrons. The van der Waals surface area contributed by atoms with E-state index in [1.807, 2.05) is 37.5 Å². The van der Waals surface area contributed by atoms with Gasteiger partial charge in [-0.05, 0) is 45.0 Å². The Labute approximate surface area is 168 Å². The minimum absolute atomic E-state index is 0.0869. The molecule has 0 spiro atoms. The largest absolute Gasteiger partial charge is 0.360 e. The second-order valence-electron chi connectivity index (χ2n) is 6.68. The van der Waals surface area contributed by atoms with E-state index in [0.717, 1.165) is 15.9 Å². The average molecular weight is 441 g/mol. The Bertz CT molecular complexity index is 1280. The molecule has 0 aliphatic carbocycles. The van der Waals surface area contributed by atoms with Crippen LogP contribution < -0.4 is 5.56 Å². The van der Waals surface area contributed by atoms with Crippen LogP contribution in [0.5, 0.6) is 0 Å². The molecule has 0 N–H and O–H groups in total. The SMILES string of the molecule is Cc1cc(-n2c(C)cc(C(=O)Cn3cnc4ccc(Br)cc4c3=O)c2C)no1. The van der Waals surface area contributed by atoms with Gasteiger partial charge in [0.15, 0.2) is 11.6 Å². The van der Waals surface area contributed by atoms with Crippen molar-refractivity contribution in [3.63, 3.8) is 0 Å². The van der Waals surface area contributed by atoms with E-state index in [9.17, 15) is 9.59 Å². The third kappa shape index (κ3) is 3.09. The number of rotatable bonds is 4. The van der Waals surface area contributed by atoms with Crippen molar-refractivity contribution in [3.05, 3.63) is 74.2 Å². The minimum Gasteiger partial charge on any atom is -0.360 e. The smallest absolute Gasteiger partial charge is 0.261 e. The van der Waals surface area contributed by atoms with Crippen molar-refractivity contribution < 1.29 is 9.32 Å². The van der Waals surface area contributed by atoms with E-state index in [-0.39, 0.29) is 17.9 Å². The average Bonchev–Trinajstić information content (AvgIpc) is 3.20. The second-order valence-corrected chi connectivity index (χ2v) is 7.59. The summed E-state index contributed by atoms with van der Waals surface area (Å²) in [6.07, 6.45) is 1.41. The molecule has 1 aromatic carbocycles. The molecular weight excluding hydrogens is 424 g/mol. The van der Waals surface area contributed by atoms with Gasteiger partial charge < -0.3 is 4.52 Å². The molecule has 28 heavy (non-hydrogen) atoms. The molecule has 0 amide bonds. The van der Waals surface area contributed by atoms with Gasteiger partial charge >= 0.3 is 0 Å². The summed E-state index contributed by atoms with van der Waals surface area (Å²) in [6, 6.07) is 8.91. The fourth-order valence-electron chi connectivity index (χ4n) is 3.34. The first-order valence-electron chi connectivity index (χ1n) is 8.65. The van der Waals surface area contributed by atoms with Crippen LogP contribution in [0.15, 0.2) is 50.4 Å². The molecule has 4 aromatic rings. The van der Waals surface area contributed by atoms with Gasteiger partial charge in [0.1, 0.15) is 5.76 Å². The lowest BCUT2D eigenvalue weighted by Crippen LogP contribution is -2.25. The van der Waals surface area contributed by atoms with Crippen LogP contribution in [0.4, 0.5) is 0 Å². The number of hydrogen-bond acceptors (Lipinski definition) is 5. The first kappa shape index (κ1) is 18.4. The van der Waals surface area contributed by atoms with Crippen LogP contribution in [-0.2, 0) is 6.54 Å². The van der Waals surface area contributed by atoms with Gasteiger partial charge in [-0.25, -0.2) is 4.98 Å². The highest BCUT2D eigenvalue weighted by molar-refractivity contribution is 9.10. The summed E-state index contributed by atoms with van der Waals surface area (Å²) in [4.78, 5) is 30.0. The summed E-state index contributed by atoms with van der Waals surface area (Å²) >= 11 is 3.36. The molecule has 8 heteroatoms. The molecule has 0 fully saturated rings. The van der Waals surface area contributed by atoms with E-state index in [4.69, 9.17) is 4.52 Å². The lowest BCUT2D eigenvalue weighted by Gasteiger charge is -2.07. The standard InChI is InChI=1S/C20H17BrN4O3/c1-11-6-15(13(3)25(11)19-7-12(2)28-23-19)18(26)9-24-10-22-17-5-4-14(21)8-16(17)20(24)27/h4-8,10H,9H2,1-3H3. The summed E-state index contributed by atoms with van der Waals surface area (Å²) in [7, 11) is 0. The van der Waals surface area contributed by atoms with E-state index >= 15 is 0 Å². The van der Waals surface area contributed by atoms with Crippen LogP contribution >= 0.6 is 15.9 Å². The number of hydrogen-bond donors (Lipinski definition) is 0. The summed E-state index contributed by atoms with van der Waals surface area (Å²) in [5.74, 6) is 1.15. The predicted octanol–water partition coefficient (Wildman–Crippen LogP) is 3.75. The van der Waals surface area contributed by atoms with E-state index in [2.05, 4.69) is 26.1 Å². The van der Waals surface area contributed by atoms with Crippen LogP contribution in [0.3, 0.4) is 0 Å². The van der Waals surface area contributed by atoms with Crippen molar-refractivity contribution in [2.24, 2.45) is 0 Å². The number of aryl methyl sites for hydroxylation is 2. The van der Waals surface area contributed by atoms with Crippen molar-refractivity contribution in [3.8, 4) is 5.82 Å². The number of carbonyl (C=O) groups is 1. The van der Waals surface area contributed by atoms with E-state index in [1.54, 1.807) is 18.2 Å². The first-order valence-corrected chi connectivity index (χ1v) is 9.45. The topological polar surface area (TPSA) is 82.9 Å². The maximum absolute atomic E-state index is 12.9. The van der Waals surface area contributed by atoms with Gasteiger partial charge in [-0.1, -0.05) is 21.1 Å². The Balaban J connectivity index is 1.71. The summed E-state index contributed by atoms with van der Waals surface area (Å²) < 4.78 is 9.13. The van der Waals surface area contributed by atoms with Crippen LogP contribution in [0.2, 0.25) is 0 Å². The van der Waals surface area contributed by atoms with Gasteiger partial charge in [0, 0.05) is 27.5 Å². The maximum atomic E-state index is 12.9. The highest BCUT2D eigenvalue weighted by Crippen LogP contribution is 2.21. The second kappa shape index (κ2) is 6.87. The zero-order valence-electron chi connectivity index (χ0n) is 15.6. The fraction of sp³-hybridized carbons (Fsp3) is 0.200. The molecule has 0 saturated carbocycles. The molecule has 0 aliphatic rings. The number of aromatic nitrogens is 4. The van der Waals surface area contributed by atoms with E-state index in [1.165, 1.54) is 10.9 Å². The van der Waals surface area contributed by atoms with Gasteiger partial charge in [-0.2, -0.15) is 0 Å². The van der Waals surface area contributed by atoms with E-state index in [0.29, 0.717) is 28.0 Å². The summed E-state index contributed by atoms with van der Waals surface area (Å²) in [5, 5.41) is 4.49. The molecule has 0 unspecified atom stereocenters. The van der Waals surface area contributed by atoms with Crippen LogP contribution in [0.25, 0.3) is 16.7 Å². The minimum atomic E-state index is -0.249. The molecule has 3 aromatic heterocycles. The monoisotopic (exact) mass is 440 g/mol. The molecule has 0 radical (unpaired) electrons. The third-order valence-electron chi connectivity index (χ3n) is 4.68. The van der Waals surface area contributed by atoms with Crippen LogP contribution in [0, 0.1) is 20.8 Å². The molecule has 7 nitrogen and oxygen atoms in total.